The van der Waals surface area contributed by atoms with E-state index in [9.17, 15) is 33.9 Å². The van der Waals surface area contributed by atoms with Crippen LogP contribution in [0.1, 0.15) is 32.3 Å². The van der Waals surface area contributed by atoms with Crippen LogP contribution in [0.2, 0.25) is 0 Å². The summed E-state index contributed by atoms with van der Waals surface area (Å²) in [4.78, 5) is 75.9. The van der Waals surface area contributed by atoms with Gasteiger partial charge in [-0.15, -0.1) is 0 Å². The molecule has 10 N–H and O–H groups in total. The highest BCUT2D eigenvalue weighted by molar-refractivity contribution is 5.97. The average Bonchev–Trinajstić information content (AvgIpc) is 3.24. The van der Waals surface area contributed by atoms with Crippen molar-refractivity contribution in [3.63, 3.8) is 0 Å². The summed E-state index contributed by atoms with van der Waals surface area (Å²) in [5.74, 6) is -6.88. The van der Waals surface area contributed by atoms with Gasteiger partial charge in [-0.25, -0.2) is 4.79 Å². The van der Waals surface area contributed by atoms with Gasteiger partial charge >= 0.3 is 11.9 Å². The number of nitrogens with two attached hydrogens (primary N) is 2. The third-order valence-corrected chi connectivity index (χ3v) is 5.78. The van der Waals surface area contributed by atoms with Gasteiger partial charge in [-0.3, -0.25) is 24.0 Å². The molecule has 14 heteroatoms. The van der Waals surface area contributed by atoms with E-state index in [4.69, 9.17) is 16.6 Å². The molecular formula is C24H32N6O8. The van der Waals surface area contributed by atoms with E-state index in [1.165, 1.54) is 0 Å². The largest absolute Gasteiger partial charge is 0.481 e. The molecule has 0 saturated carbocycles. The summed E-state index contributed by atoms with van der Waals surface area (Å²) >= 11 is 0. The van der Waals surface area contributed by atoms with Gasteiger partial charge in [-0.05, 0) is 17.5 Å². The van der Waals surface area contributed by atoms with Crippen molar-refractivity contribution >= 4 is 46.5 Å². The molecule has 0 saturated heterocycles. The first-order valence-electron chi connectivity index (χ1n) is 11.7. The fourth-order valence-corrected chi connectivity index (χ4v) is 3.63. The number of aromatic amines is 1. The van der Waals surface area contributed by atoms with Crippen LogP contribution in [0.3, 0.4) is 0 Å². The lowest BCUT2D eigenvalue weighted by atomic mass is 10.0. The maximum atomic E-state index is 13.1. The molecule has 0 aliphatic heterocycles. The van der Waals surface area contributed by atoms with Crippen LogP contribution in [-0.4, -0.2) is 74.9 Å². The summed E-state index contributed by atoms with van der Waals surface area (Å²) in [6.45, 7) is 3.37. The van der Waals surface area contributed by atoms with Crippen LogP contribution in [-0.2, 0) is 35.2 Å². The molecule has 0 radical (unpaired) electrons. The molecule has 206 valence electrons. The molecule has 0 aliphatic carbocycles. The quantitative estimate of drug-likeness (QED) is 0.142. The highest BCUT2D eigenvalue weighted by Gasteiger charge is 2.32. The first-order valence-corrected chi connectivity index (χ1v) is 11.7. The van der Waals surface area contributed by atoms with Gasteiger partial charge < -0.3 is 42.6 Å². The number of carboxylic acid groups (broad SMARTS) is 2. The van der Waals surface area contributed by atoms with Crippen LogP contribution in [0.25, 0.3) is 10.9 Å². The Balaban J connectivity index is 2.35. The summed E-state index contributed by atoms with van der Waals surface area (Å²) < 4.78 is 0. The third-order valence-electron chi connectivity index (χ3n) is 5.78. The molecule has 0 spiro atoms. The van der Waals surface area contributed by atoms with Crippen molar-refractivity contribution < 1.29 is 39.0 Å². The SMILES string of the molecule is CC(C)C(N)C(=O)NC(CC(N)=O)C(=O)NC(Cc1c[nH]c2ccccc12)C(=O)NC(CC(=O)O)C(=O)O. The summed E-state index contributed by atoms with van der Waals surface area (Å²) in [6, 6.07) is 1.46. The molecule has 1 aromatic carbocycles. The van der Waals surface area contributed by atoms with E-state index in [0.29, 0.717) is 5.56 Å². The monoisotopic (exact) mass is 532 g/mol. The second-order valence-electron chi connectivity index (χ2n) is 9.12. The van der Waals surface area contributed by atoms with Gasteiger partial charge in [0.1, 0.15) is 18.1 Å². The second kappa shape index (κ2) is 13.2. The maximum Gasteiger partial charge on any atom is 0.326 e. The molecule has 4 unspecified atom stereocenters. The molecule has 4 atom stereocenters. The Morgan fingerprint density at radius 1 is 0.868 bits per heavy atom. The summed E-state index contributed by atoms with van der Waals surface area (Å²) in [5.41, 5.74) is 12.4. The number of aliphatic carboxylic acids is 2. The van der Waals surface area contributed by atoms with E-state index in [-0.39, 0.29) is 12.3 Å². The number of carbonyl (C=O) groups excluding carboxylic acids is 4. The molecule has 2 rings (SSSR count). The Bertz CT molecular complexity index is 1210. The van der Waals surface area contributed by atoms with Gasteiger partial charge in [0.15, 0.2) is 0 Å². The summed E-state index contributed by atoms with van der Waals surface area (Å²) in [5, 5.41) is 26.0. The maximum absolute atomic E-state index is 13.1. The van der Waals surface area contributed by atoms with Gasteiger partial charge in [-0.1, -0.05) is 32.0 Å². The molecule has 2 aromatic rings. The van der Waals surface area contributed by atoms with Crippen LogP contribution in [0, 0.1) is 5.92 Å². The minimum absolute atomic E-state index is 0.135. The number of H-pyrrole nitrogens is 1. The van der Waals surface area contributed by atoms with Gasteiger partial charge in [-0.2, -0.15) is 0 Å². The average molecular weight is 533 g/mol. The number of fused-ring (bicyclic) bond motifs is 1. The van der Waals surface area contributed by atoms with Gasteiger partial charge in [0.2, 0.25) is 23.6 Å². The van der Waals surface area contributed by atoms with Crippen molar-refractivity contribution in [2.45, 2.75) is 57.3 Å². The topological polar surface area (TPSA) is 247 Å². The van der Waals surface area contributed by atoms with Crippen LogP contribution in [0.5, 0.6) is 0 Å². The number of nitrogens with one attached hydrogen (secondary N) is 4. The Labute approximate surface area is 217 Å². The van der Waals surface area contributed by atoms with Crippen molar-refractivity contribution in [3.8, 4) is 0 Å². The van der Waals surface area contributed by atoms with E-state index in [1.807, 2.05) is 0 Å². The van der Waals surface area contributed by atoms with Gasteiger partial charge in [0, 0.05) is 23.5 Å². The van der Waals surface area contributed by atoms with Crippen LogP contribution >= 0.6 is 0 Å². The molecule has 1 heterocycles. The van der Waals surface area contributed by atoms with Crippen molar-refractivity contribution in [1.29, 1.82) is 0 Å². The van der Waals surface area contributed by atoms with E-state index in [0.717, 1.165) is 10.9 Å². The number of carbonyl (C=O) groups is 6. The Hall–Kier alpha value is -4.46. The molecule has 38 heavy (non-hydrogen) atoms. The molecule has 4 amide bonds. The van der Waals surface area contributed by atoms with Crippen LogP contribution < -0.4 is 27.4 Å². The molecule has 1 aromatic heterocycles. The summed E-state index contributed by atoms with van der Waals surface area (Å²) in [6.07, 6.45) is -0.0278. The highest BCUT2D eigenvalue weighted by atomic mass is 16.4. The lowest BCUT2D eigenvalue weighted by Crippen LogP contribution is -2.58. The Morgan fingerprint density at radius 2 is 1.45 bits per heavy atom. The molecule has 0 fully saturated rings. The number of hydrogen-bond acceptors (Lipinski definition) is 7. The van der Waals surface area contributed by atoms with Crippen molar-refractivity contribution in [2.75, 3.05) is 0 Å². The first-order chi connectivity index (χ1) is 17.8. The van der Waals surface area contributed by atoms with E-state index >= 15 is 0 Å². The lowest BCUT2D eigenvalue weighted by Gasteiger charge is -2.25. The smallest absolute Gasteiger partial charge is 0.326 e. The number of rotatable bonds is 14. The number of aromatic nitrogens is 1. The van der Waals surface area contributed by atoms with E-state index < -0.39 is 72.6 Å². The minimum Gasteiger partial charge on any atom is -0.481 e. The van der Waals surface area contributed by atoms with Gasteiger partial charge in [0.25, 0.3) is 0 Å². The zero-order valence-corrected chi connectivity index (χ0v) is 20.9. The van der Waals surface area contributed by atoms with Crippen LogP contribution in [0.15, 0.2) is 30.5 Å². The third kappa shape index (κ3) is 8.30. The minimum atomic E-state index is -1.77. The number of hydrogen-bond donors (Lipinski definition) is 8. The Kier molecular flexibility index (Phi) is 10.3. The standard InChI is InChI=1S/C24H32N6O8/c1-11(2)20(26)23(36)29-16(8-18(25)31)22(35)28-15(21(34)30-17(24(37)38)9-19(32)33)7-12-10-27-14-6-4-3-5-13(12)14/h3-6,10-11,15-17,20,27H,7-9,26H2,1-2H3,(H2,25,31)(H,28,35)(H,29,36)(H,30,34)(H,32,33)(H,37,38). The fraction of sp³-hybridized carbons (Fsp3) is 0.417. The number of para-hydroxylation sites is 1. The lowest BCUT2D eigenvalue weighted by molar-refractivity contribution is -0.147. The highest BCUT2D eigenvalue weighted by Crippen LogP contribution is 2.19. The van der Waals surface area contributed by atoms with Crippen molar-refractivity contribution in [3.05, 3.63) is 36.0 Å². The molecular weight excluding hydrogens is 500 g/mol. The Morgan fingerprint density at radius 3 is 2.03 bits per heavy atom. The van der Waals surface area contributed by atoms with Gasteiger partial charge in [0.05, 0.1) is 18.9 Å². The van der Waals surface area contributed by atoms with Crippen LogP contribution in [0.4, 0.5) is 0 Å². The van der Waals surface area contributed by atoms with Crippen molar-refractivity contribution in [1.82, 2.24) is 20.9 Å². The van der Waals surface area contributed by atoms with E-state index in [2.05, 4.69) is 20.9 Å². The number of primary amides is 1. The second-order valence-corrected chi connectivity index (χ2v) is 9.12. The normalized spacial score (nSPS) is 14.2. The zero-order valence-electron chi connectivity index (χ0n) is 20.9. The number of carboxylic acids is 2. The number of amides is 4. The molecule has 0 bridgehead atoms. The van der Waals surface area contributed by atoms with E-state index in [1.54, 1.807) is 44.3 Å². The first kappa shape index (κ1) is 29.8. The fourth-order valence-electron chi connectivity index (χ4n) is 3.63. The molecule has 0 aliphatic rings. The molecule has 14 nitrogen and oxygen atoms in total. The predicted molar refractivity (Wildman–Crippen MR) is 134 cm³/mol. The zero-order chi connectivity index (χ0) is 28.6. The number of benzene rings is 1. The summed E-state index contributed by atoms with van der Waals surface area (Å²) in [7, 11) is 0. The predicted octanol–water partition coefficient (Wildman–Crippen LogP) is -1.42. The van der Waals surface area contributed by atoms with Crippen molar-refractivity contribution in [2.24, 2.45) is 17.4 Å².